The van der Waals surface area contributed by atoms with Crippen molar-refractivity contribution in [1.29, 1.82) is 0 Å². The molecule has 23 heavy (non-hydrogen) atoms. The van der Waals surface area contributed by atoms with E-state index in [2.05, 4.69) is 18.6 Å². The standard InChI is InChI=1S/C18H21NO3S/c1-4-14(3)15-9-11-17(12-10-15)23(21,22)19-18(20)16-7-5-13(2)6-8-16/h5-12,14H,4H2,1-3H3,(H,19,20). The molecule has 1 N–H and O–H groups in total. The van der Waals surface area contributed by atoms with E-state index in [4.69, 9.17) is 0 Å². The minimum atomic E-state index is -3.87. The lowest BCUT2D eigenvalue weighted by Gasteiger charge is -2.11. The fourth-order valence-electron chi connectivity index (χ4n) is 2.16. The van der Waals surface area contributed by atoms with Crippen LogP contribution in [-0.4, -0.2) is 14.3 Å². The molecule has 0 fully saturated rings. The molecule has 2 aromatic rings. The Morgan fingerprint density at radius 2 is 1.61 bits per heavy atom. The highest BCUT2D eigenvalue weighted by atomic mass is 32.2. The van der Waals surface area contributed by atoms with Crippen molar-refractivity contribution in [3.63, 3.8) is 0 Å². The number of sulfonamides is 1. The van der Waals surface area contributed by atoms with Gasteiger partial charge in [-0.15, -0.1) is 0 Å². The molecule has 122 valence electrons. The first-order chi connectivity index (χ1) is 10.8. The van der Waals surface area contributed by atoms with E-state index in [1.54, 1.807) is 36.4 Å². The third kappa shape index (κ3) is 4.20. The van der Waals surface area contributed by atoms with Gasteiger partial charge >= 0.3 is 0 Å². The Bertz CT molecular complexity index is 778. The molecular formula is C18H21NO3S. The highest BCUT2D eigenvalue weighted by Gasteiger charge is 2.18. The van der Waals surface area contributed by atoms with Crippen LogP contribution in [0, 0.1) is 6.92 Å². The molecule has 2 rings (SSSR count). The molecule has 0 saturated heterocycles. The summed E-state index contributed by atoms with van der Waals surface area (Å²) in [5.74, 6) is -0.259. The number of aryl methyl sites for hydroxylation is 1. The molecule has 0 aliphatic rings. The molecule has 0 heterocycles. The first-order valence-corrected chi connectivity index (χ1v) is 9.05. The van der Waals surface area contributed by atoms with E-state index in [0.29, 0.717) is 11.5 Å². The molecule has 0 bridgehead atoms. The molecule has 1 atom stereocenters. The summed E-state index contributed by atoms with van der Waals surface area (Å²) >= 11 is 0. The number of benzene rings is 2. The molecule has 1 amide bonds. The van der Waals surface area contributed by atoms with Gasteiger partial charge in [0.1, 0.15) is 0 Å². The maximum atomic E-state index is 12.3. The molecule has 4 nitrogen and oxygen atoms in total. The van der Waals surface area contributed by atoms with Gasteiger partial charge in [-0.25, -0.2) is 13.1 Å². The summed E-state index contributed by atoms with van der Waals surface area (Å²) in [6.45, 7) is 6.07. The van der Waals surface area contributed by atoms with Gasteiger partial charge in [-0.1, -0.05) is 43.7 Å². The minimum absolute atomic E-state index is 0.0880. The largest absolute Gasteiger partial charge is 0.268 e. The highest BCUT2D eigenvalue weighted by Crippen LogP contribution is 2.20. The van der Waals surface area contributed by atoms with Crippen LogP contribution in [0.3, 0.4) is 0 Å². The molecule has 0 saturated carbocycles. The SMILES string of the molecule is CCC(C)c1ccc(S(=O)(=O)NC(=O)c2ccc(C)cc2)cc1. The summed E-state index contributed by atoms with van der Waals surface area (Å²) in [5.41, 5.74) is 2.40. The quantitative estimate of drug-likeness (QED) is 0.910. The number of carbonyl (C=O) groups excluding carboxylic acids is 1. The van der Waals surface area contributed by atoms with E-state index < -0.39 is 15.9 Å². The molecule has 5 heteroatoms. The van der Waals surface area contributed by atoms with Gasteiger partial charge < -0.3 is 0 Å². The molecular weight excluding hydrogens is 310 g/mol. The van der Waals surface area contributed by atoms with Crippen LogP contribution < -0.4 is 4.72 Å². The highest BCUT2D eigenvalue weighted by molar-refractivity contribution is 7.90. The number of hydrogen-bond acceptors (Lipinski definition) is 3. The first-order valence-electron chi connectivity index (χ1n) is 7.57. The summed E-state index contributed by atoms with van der Waals surface area (Å²) in [6, 6.07) is 13.4. The fourth-order valence-corrected chi connectivity index (χ4v) is 3.13. The predicted molar refractivity (Wildman–Crippen MR) is 91.0 cm³/mol. The van der Waals surface area contributed by atoms with E-state index in [1.807, 2.05) is 6.92 Å². The van der Waals surface area contributed by atoms with Crippen molar-refractivity contribution in [2.24, 2.45) is 0 Å². The van der Waals surface area contributed by atoms with E-state index in [1.165, 1.54) is 12.1 Å². The maximum Gasteiger partial charge on any atom is 0.264 e. The van der Waals surface area contributed by atoms with Gasteiger partial charge in [-0.05, 0) is 49.1 Å². The number of amides is 1. The van der Waals surface area contributed by atoms with Crippen LogP contribution in [0.1, 0.15) is 47.7 Å². The summed E-state index contributed by atoms with van der Waals surface area (Å²) in [5, 5.41) is 0. The van der Waals surface area contributed by atoms with Crippen molar-refractivity contribution in [2.75, 3.05) is 0 Å². The van der Waals surface area contributed by atoms with Gasteiger partial charge in [0.2, 0.25) is 0 Å². The summed E-state index contributed by atoms with van der Waals surface area (Å²) in [4.78, 5) is 12.2. The Balaban J connectivity index is 2.18. The molecule has 0 radical (unpaired) electrons. The second kappa shape index (κ2) is 6.96. The number of rotatable bonds is 5. The minimum Gasteiger partial charge on any atom is -0.268 e. The zero-order valence-corrected chi connectivity index (χ0v) is 14.4. The number of nitrogens with one attached hydrogen (secondary N) is 1. The summed E-state index contributed by atoms with van der Waals surface area (Å²) in [7, 11) is -3.87. The van der Waals surface area contributed by atoms with Crippen molar-refractivity contribution in [3.8, 4) is 0 Å². The Morgan fingerprint density at radius 1 is 1.04 bits per heavy atom. The average molecular weight is 331 g/mol. The molecule has 0 spiro atoms. The van der Waals surface area contributed by atoms with Crippen LogP contribution in [0.4, 0.5) is 0 Å². The smallest absolute Gasteiger partial charge is 0.264 e. The third-order valence-electron chi connectivity index (χ3n) is 3.91. The monoisotopic (exact) mass is 331 g/mol. The van der Waals surface area contributed by atoms with E-state index in [0.717, 1.165) is 17.5 Å². The van der Waals surface area contributed by atoms with Crippen molar-refractivity contribution < 1.29 is 13.2 Å². The Hall–Kier alpha value is -2.14. The second-order valence-corrected chi connectivity index (χ2v) is 7.36. The van der Waals surface area contributed by atoms with E-state index in [-0.39, 0.29) is 4.90 Å². The number of hydrogen-bond donors (Lipinski definition) is 1. The van der Waals surface area contributed by atoms with Crippen molar-refractivity contribution in [1.82, 2.24) is 4.72 Å². The van der Waals surface area contributed by atoms with Crippen molar-refractivity contribution in [2.45, 2.75) is 38.0 Å². The van der Waals surface area contributed by atoms with Crippen LogP contribution in [0.5, 0.6) is 0 Å². The molecule has 0 aliphatic heterocycles. The van der Waals surface area contributed by atoms with Crippen molar-refractivity contribution >= 4 is 15.9 Å². The van der Waals surface area contributed by atoms with Crippen LogP contribution in [0.25, 0.3) is 0 Å². The van der Waals surface area contributed by atoms with E-state index in [9.17, 15) is 13.2 Å². The Labute approximate surface area is 137 Å². The van der Waals surface area contributed by atoms with Gasteiger partial charge in [-0.2, -0.15) is 0 Å². The van der Waals surface area contributed by atoms with Gasteiger partial charge in [-0.3, -0.25) is 4.79 Å². The molecule has 2 aromatic carbocycles. The Morgan fingerprint density at radius 3 is 2.13 bits per heavy atom. The maximum absolute atomic E-state index is 12.3. The van der Waals surface area contributed by atoms with Gasteiger partial charge in [0.05, 0.1) is 4.90 Å². The van der Waals surface area contributed by atoms with Gasteiger partial charge in [0.25, 0.3) is 15.9 Å². The van der Waals surface area contributed by atoms with E-state index >= 15 is 0 Å². The first kappa shape index (κ1) is 17.2. The summed E-state index contributed by atoms with van der Waals surface area (Å²) < 4.78 is 26.7. The number of carbonyl (C=O) groups is 1. The Kier molecular flexibility index (Phi) is 5.21. The van der Waals surface area contributed by atoms with Crippen molar-refractivity contribution in [3.05, 3.63) is 65.2 Å². The normalized spacial score (nSPS) is 12.7. The molecule has 1 unspecified atom stereocenters. The van der Waals surface area contributed by atoms with Crippen LogP contribution in [-0.2, 0) is 10.0 Å². The van der Waals surface area contributed by atoms with Crippen LogP contribution in [0.2, 0.25) is 0 Å². The van der Waals surface area contributed by atoms with Crippen LogP contribution >= 0.6 is 0 Å². The lowest BCUT2D eigenvalue weighted by Crippen LogP contribution is -2.30. The van der Waals surface area contributed by atoms with Gasteiger partial charge in [0.15, 0.2) is 0 Å². The molecule has 0 aromatic heterocycles. The van der Waals surface area contributed by atoms with Crippen LogP contribution in [0.15, 0.2) is 53.4 Å². The average Bonchev–Trinajstić information content (AvgIpc) is 2.54. The zero-order valence-electron chi connectivity index (χ0n) is 13.5. The topological polar surface area (TPSA) is 63.2 Å². The lowest BCUT2D eigenvalue weighted by molar-refractivity contribution is 0.0981. The predicted octanol–water partition coefficient (Wildman–Crippen LogP) is 3.63. The zero-order chi connectivity index (χ0) is 17.0. The second-order valence-electron chi connectivity index (χ2n) is 5.68. The lowest BCUT2D eigenvalue weighted by atomic mass is 9.99. The fraction of sp³-hybridized carbons (Fsp3) is 0.278. The summed E-state index contributed by atoms with van der Waals surface area (Å²) in [6.07, 6.45) is 0.982. The van der Waals surface area contributed by atoms with Gasteiger partial charge in [0, 0.05) is 5.56 Å². The third-order valence-corrected chi connectivity index (χ3v) is 5.26. The molecule has 0 aliphatic carbocycles.